The summed E-state index contributed by atoms with van der Waals surface area (Å²) in [4.78, 5) is 2.33. The third kappa shape index (κ3) is 2.16. The van der Waals surface area contributed by atoms with Gasteiger partial charge < -0.3 is 4.74 Å². The normalized spacial score (nSPS) is 21.8. The Bertz CT molecular complexity index is 86.9. The van der Waals surface area contributed by atoms with Crippen LogP contribution in [0, 0.1) is 0 Å². The molecule has 0 aromatic carbocycles. The van der Waals surface area contributed by atoms with Crippen molar-refractivity contribution in [3.8, 4) is 0 Å². The monoisotopic (exact) mass is 129 g/mol. The Morgan fingerprint density at radius 2 is 2.67 bits per heavy atom. The van der Waals surface area contributed by atoms with Crippen LogP contribution in [0.3, 0.4) is 0 Å². The maximum atomic E-state index is 5.17. The molecule has 2 heteroatoms. The Morgan fingerprint density at radius 1 is 1.78 bits per heavy atom. The SMILES string of the molecule is C=CCN1CCOC[14CH2]1. The van der Waals surface area contributed by atoms with E-state index in [0.29, 0.717) is 0 Å². The zero-order valence-corrected chi connectivity index (χ0v) is 5.68. The maximum absolute atomic E-state index is 5.17. The van der Waals surface area contributed by atoms with Gasteiger partial charge in [0.05, 0.1) is 13.2 Å². The summed E-state index contributed by atoms with van der Waals surface area (Å²) < 4.78 is 5.17. The Hall–Kier alpha value is -0.340. The summed E-state index contributed by atoms with van der Waals surface area (Å²) in [5, 5.41) is 0. The van der Waals surface area contributed by atoms with Crippen molar-refractivity contribution in [3.63, 3.8) is 0 Å². The number of rotatable bonds is 2. The molecular weight excluding hydrogens is 116 g/mol. The highest BCUT2D eigenvalue weighted by atomic mass is 16.5. The van der Waals surface area contributed by atoms with E-state index in [4.69, 9.17) is 4.74 Å². The quantitative estimate of drug-likeness (QED) is 0.503. The van der Waals surface area contributed by atoms with Gasteiger partial charge in [-0.2, -0.15) is 0 Å². The molecular formula is C7H13NO. The van der Waals surface area contributed by atoms with E-state index in [1.54, 1.807) is 0 Å². The summed E-state index contributed by atoms with van der Waals surface area (Å²) >= 11 is 0. The average Bonchev–Trinajstić information content (AvgIpc) is 1.91. The second kappa shape index (κ2) is 3.64. The summed E-state index contributed by atoms with van der Waals surface area (Å²) in [5.74, 6) is 0. The molecule has 52 valence electrons. The molecule has 1 aliphatic rings. The molecule has 1 saturated heterocycles. The van der Waals surface area contributed by atoms with Crippen molar-refractivity contribution in [1.29, 1.82) is 0 Å². The Labute approximate surface area is 56.1 Å². The molecule has 9 heavy (non-hydrogen) atoms. The first-order valence-corrected chi connectivity index (χ1v) is 3.34. The van der Waals surface area contributed by atoms with Gasteiger partial charge in [0.1, 0.15) is 0 Å². The molecule has 2 nitrogen and oxygen atoms in total. The number of hydrogen-bond donors (Lipinski definition) is 0. The van der Waals surface area contributed by atoms with E-state index in [1.807, 2.05) is 6.08 Å². The Kier molecular flexibility index (Phi) is 2.74. The van der Waals surface area contributed by atoms with Crippen LogP contribution < -0.4 is 0 Å². The first-order valence-electron chi connectivity index (χ1n) is 3.34. The highest BCUT2D eigenvalue weighted by Gasteiger charge is 2.06. The van der Waals surface area contributed by atoms with E-state index in [9.17, 15) is 0 Å². The fourth-order valence-corrected chi connectivity index (χ4v) is 0.966. The second-order valence-electron chi connectivity index (χ2n) is 2.20. The van der Waals surface area contributed by atoms with Crippen LogP contribution in [0.25, 0.3) is 0 Å². The first kappa shape index (κ1) is 6.78. The lowest BCUT2D eigenvalue weighted by atomic mass is 10.5. The fraction of sp³-hybridized carbons (Fsp3) is 0.714. The first-order chi connectivity index (χ1) is 4.43. The zero-order valence-electron chi connectivity index (χ0n) is 5.68. The van der Waals surface area contributed by atoms with Crippen LogP contribution in [0.5, 0.6) is 0 Å². The number of nitrogens with zero attached hydrogens (tertiary/aromatic N) is 1. The highest BCUT2D eigenvalue weighted by Crippen LogP contribution is 1.94. The minimum atomic E-state index is 0.883. The Balaban J connectivity index is 2.15. The molecule has 0 N–H and O–H groups in total. The molecule has 0 aromatic heterocycles. The van der Waals surface area contributed by atoms with Crippen LogP contribution in [0.4, 0.5) is 0 Å². The van der Waals surface area contributed by atoms with Crippen molar-refractivity contribution in [2.75, 3.05) is 32.8 Å². The predicted molar refractivity (Wildman–Crippen MR) is 37.5 cm³/mol. The molecule has 1 rings (SSSR count). The summed E-state index contributed by atoms with van der Waals surface area (Å²) in [5.41, 5.74) is 0. The van der Waals surface area contributed by atoms with Crippen LogP contribution in [-0.4, -0.2) is 37.7 Å². The van der Waals surface area contributed by atoms with E-state index < -0.39 is 0 Å². The number of ether oxygens (including phenoxy) is 1. The molecule has 1 fully saturated rings. The van der Waals surface area contributed by atoms with Gasteiger partial charge in [-0.25, -0.2) is 0 Å². The van der Waals surface area contributed by atoms with Gasteiger partial charge in [0.25, 0.3) is 0 Å². The molecule has 0 spiro atoms. The van der Waals surface area contributed by atoms with Gasteiger partial charge in [-0.15, -0.1) is 6.58 Å². The number of morpholine rings is 1. The molecule has 0 aromatic rings. The van der Waals surface area contributed by atoms with E-state index in [1.165, 1.54) is 0 Å². The van der Waals surface area contributed by atoms with Crippen LogP contribution >= 0.6 is 0 Å². The number of hydrogen-bond acceptors (Lipinski definition) is 2. The molecule has 1 heterocycles. The standard InChI is InChI=1S/C7H13NO/c1-2-3-8-4-6-9-7-5-8/h2H,1,3-7H2/i4+2. The van der Waals surface area contributed by atoms with Crippen molar-refractivity contribution in [1.82, 2.24) is 4.90 Å². The third-order valence-corrected chi connectivity index (χ3v) is 1.49. The Morgan fingerprint density at radius 3 is 3.22 bits per heavy atom. The van der Waals surface area contributed by atoms with E-state index in [2.05, 4.69) is 11.5 Å². The highest BCUT2D eigenvalue weighted by molar-refractivity contribution is 4.74. The van der Waals surface area contributed by atoms with Gasteiger partial charge in [0, 0.05) is 19.6 Å². The summed E-state index contributed by atoms with van der Waals surface area (Å²) in [6.07, 6.45) is 1.94. The summed E-state index contributed by atoms with van der Waals surface area (Å²) in [6.45, 7) is 8.56. The molecule has 0 aliphatic carbocycles. The van der Waals surface area contributed by atoms with Crippen LogP contribution in [0.15, 0.2) is 12.7 Å². The van der Waals surface area contributed by atoms with Crippen LogP contribution in [0.1, 0.15) is 0 Å². The van der Waals surface area contributed by atoms with E-state index in [0.717, 1.165) is 32.8 Å². The van der Waals surface area contributed by atoms with Gasteiger partial charge in [-0.1, -0.05) is 6.08 Å². The van der Waals surface area contributed by atoms with Crippen molar-refractivity contribution in [2.45, 2.75) is 0 Å². The van der Waals surface area contributed by atoms with Crippen LogP contribution in [-0.2, 0) is 4.74 Å². The zero-order chi connectivity index (χ0) is 6.53. The van der Waals surface area contributed by atoms with Crippen molar-refractivity contribution in [3.05, 3.63) is 12.7 Å². The van der Waals surface area contributed by atoms with E-state index in [-0.39, 0.29) is 0 Å². The van der Waals surface area contributed by atoms with Crippen molar-refractivity contribution in [2.24, 2.45) is 0 Å². The molecule has 1 aliphatic heterocycles. The topological polar surface area (TPSA) is 12.5 Å². The molecule has 0 atom stereocenters. The largest absolute Gasteiger partial charge is 0.379 e. The maximum Gasteiger partial charge on any atom is 0.0594 e. The molecule has 0 unspecified atom stereocenters. The van der Waals surface area contributed by atoms with Crippen LogP contribution in [0.2, 0.25) is 0 Å². The van der Waals surface area contributed by atoms with Gasteiger partial charge in [-0.05, 0) is 0 Å². The fourth-order valence-electron chi connectivity index (χ4n) is 0.966. The molecule has 0 amide bonds. The summed E-state index contributed by atoms with van der Waals surface area (Å²) in [6, 6.07) is 0. The van der Waals surface area contributed by atoms with Gasteiger partial charge in [-0.3, -0.25) is 4.90 Å². The van der Waals surface area contributed by atoms with Crippen molar-refractivity contribution >= 4 is 0 Å². The van der Waals surface area contributed by atoms with Gasteiger partial charge in [0.2, 0.25) is 0 Å². The predicted octanol–water partition coefficient (Wildman–Crippen LogP) is 0.505. The second-order valence-corrected chi connectivity index (χ2v) is 2.20. The van der Waals surface area contributed by atoms with Gasteiger partial charge >= 0.3 is 0 Å². The molecule has 0 bridgehead atoms. The minimum absolute atomic E-state index is 0.883. The molecule has 0 saturated carbocycles. The van der Waals surface area contributed by atoms with E-state index >= 15 is 0 Å². The lowest BCUT2D eigenvalue weighted by Crippen LogP contribution is -2.36. The smallest absolute Gasteiger partial charge is 0.0594 e. The molecule has 0 radical (unpaired) electrons. The minimum Gasteiger partial charge on any atom is -0.379 e. The lowest BCUT2D eigenvalue weighted by Gasteiger charge is -2.24. The van der Waals surface area contributed by atoms with Gasteiger partial charge in [0.15, 0.2) is 0 Å². The summed E-state index contributed by atoms with van der Waals surface area (Å²) in [7, 11) is 0. The average molecular weight is 129 g/mol. The lowest BCUT2D eigenvalue weighted by molar-refractivity contribution is 0.0434. The third-order valence-electron chi connectivity index (χ3n) is 1.49. The van der Waals surface area contributed by atoms with Crippen molar-refractivity contribution < 1.29 is 4.74 Å².